The third-order valence-corrected chi connectivity index (χ3v) is 8.07. The van der Waals surface area contributed by atoms with Gasteiger partial charge in [-0.1, -0.05) is 23.8 Å². The summed E-state index contributed by atoms with van der Waals surface area (Å²) in [5.41, 5.74) is -1.11. The van der Waals surface area contributed by atoms with Gasteiger partial charge in [-0.2, -0.15) is 0 Å². The fraction of sp³-hybridized carbons (Fsp3) is 0.517. The molecule has 1 aromatic carbocycles. The van der Waals surface area contributed by atoms with Gasteiger partial charge in [0.15, 0.2) is 0 Å². The number of benzene rings is 1. The van der Waals surface area contributed by atoms with Crippen LogP contribution in [-0.2, 0) is 14.3 Å². The molecule has 1 aromatic heterocycles. The average molecular weight is 571 g/mol. The fourth-order valence-electron chi connectivity index (χ4n) is 5.59. The highest BCUT2D eigenvalue weighted by Crippen LogP contribution is 2.46. The van der Waals surface area contributed by atoms with Crippen LogP contribution < -0.4 is 14.8 Å². The largest absolute Gasteiger partial charge is 0.497 e. The number of pyridine rings is 1. The van der Waals surface area contributed by atoms with Gasteiger partial charge in [-0.15, -0.1) is 0 Å². The summed E-state index contributed by atoms with van der Waals surface area (Å²) in [6.45, 7) is 2.71. The van der Waals surface area contributed by atoms with Crippen molar-refractivity contribution >= 4 is 40.3 Å². The number of nitrogens with one attached hydrogen (secondary N) is 1. The van der Waals surface area contributed by atoms with Crippen molar-refractivity contribution in [2.75, 3.05) is 33.9 Å². The maximum absolute atomic E-state index is 13.7. The summed E-state index contributed by atoms with van der Waals surface area (Å²) in [7, 11) is 3.33. The number of carbonyl (C=O) groups excluding carboxylic acids is 3. The summed E-state index contributed by atoms with van der Waals surface area (Å²) in [6, 6.07) is 6.13. The van der Waals surface area contributed by atoms with Crippen molar-refractivity contribution in [3.05, 3.63) is 41.6 Å². The summed E-state index contributed by atoms with van der Waals surface area (Å²) in [6.07, 6.45) is 6.80. The number of allylic oxidation sites excluding steroid dienone is 1. The molecule has 2 fully saturated rings. The van der Waals surface area contributed by atoms with E-state index in [-0.39, 0.29) is 36.7 Å². The summed E-state index contributed by atoms with van der Waals surface area (Å²) in [5.74, 6) is 0.000220. The third kappa shape index (κ3) is 5.54. The maximum Gasteiger partial charge on any atom is 0.332 e. The summed E-state index contributed by atoms with van der Waals surface area (Å²) in [4.78, 5) is 47.8. The Kier molecular flexibility index (Phi) is 8.07. The molecular formula is C29H35ClN4O6. The number of halogens is 1. The molecule has 4 atom stereocenters. The molecule has 214 valence electrons. The van der Waals surface area contributed by atoms with E-state index in [4.69, 9.17) is 25.8 Å². The molecule has 0 spiro atoms. The Morgan fingerprint density at radius 1 is 1.25 bits per heavy atom. The lowest BCUT2D eigenvalue weighted by Crippen LogP contribution is -2.55. The van der Waals surface area contributed by atoms with Crippen molar-refractivity contribution < 1.29 is 28.6 Å². The zero-order chi connectivity index (χ0) is 28.4. The molecule has 0 unspecified atom stereocenters. The average Bonchev–Trinajstić information content (AvgIpc) is 3.46. The minimum Gasteiger partial charge on any atom is -0.497 e. The molecule has 40 heavy (non-hydrogen) atoms. The number of hydrogen-bond acceptors (Lipinski definition) is 7. The van der Waals surface area contributed by atoms with Gasteiger partial charge in [0.1, 0.15) is 28.6 Å². The molecule has 3 amide bonds. The van der Waals surface area contributed by atoms with Gasteiger partial charge in [-0.3, -0.25) is 4.79 Å². The van der Waals surface area contributed by atoms with Crippen molar-refractivity contribution in [3.63, 3.8) is 0 Å². The third-order valence-electron chi connectivity index (χ3n) is 7.87. The Morgan fingerprint density at radius 3 is 2.85 bits per heavy atom. The lowest BCUT2D eigenvalue weighted by atomic mass is 10.1. The number of amides is 3. The molecule has 2 aliphatic heterocycles. The number of ether oxygens (including phenoxy) is 3. The standard InChI is InChI=1S/C29H35ClN4O6/c1-4-39-27(36)29-16-19(29)9-7-5-6-8-12-33(2)28(37)34-17-21(15-23(34)25(35)32-29)40-26-22-11-10-20(38-3)13-18(22)14-24(30)31-26/h7,9-11,13-14,19,21,23H,4-6,8,12,15-17H2,1-3H3,(H,32,35)/b9-7-/t19-,21+,23-,29+/m0/s1. The number of hydrogen-bond donors (Lipinski definition) is 1. The molecule has 1 aliphatic carbocycles. The van der Waals surface area contributed by atoms with Crippen LogP contribution in [-0.4, -0.2) is 84.2 Å². The highest BCUT2D eigenvalue weighted by molar-refractivity contribution is 6.30. The Labute approximate surface area is 238 Å². The number of methoxy groups -OCH3 is 1. The van der Waals surface area contributed by atoms with Crippen molar-refractivity contribution in [2.45, 2.75) is 56.7 Å². The van der Waals surface area contributed by atoms with Gasteiger partial charge < -0.3 is 29.3 Å². The number of urea groups is 1. The predicted molar refractivity (Wildman–Crippen MR) is 149 cm³/mol. The quantitative estimate of drug-likeness (QED) is 0.329. The van der Waals surface area contributed by atoms with Crippen LogP contribution in [0.1, 0.15) is 39.0 Å². The normalized spacial score (nSPS) is 27.8. The molecule has 0 bridgehead atoms. The highest BCUT2D eigenvalue weighted by atomic mass is 35.5. The lowest BCUT2D eigenvalue weighted by Gasteiger charge is -2.30. The molecule has 5 rings (SSSR count). The molecule has 3 aliphatic rings. The highest BCUT2D eigenvalue weighted by Gasteiger charge is 2.62. The first-order chi connectivity index (χ1) is 19.3. The number of aromatic nitrogens is 1. The van der Waals surface area contributed by atoms with E-state index in [0.29, 0.717) is 24.6 Å². The van der Waals surface area contributed by atoms with Gasteiger partial charge in [0, 0.05) is 31.3 Å². The van der Waals surface area contributed by atoms with Gasteiger partial charge >= 0.3 is 12.0 Å². The van der Waals surface area contributed by atoms with Crippen molar-refractivity contribution in [2.24, 2.45) is 5.92 Å². The van der Waals surface area contributed by atoms with Crippen LogP contribution in [0.5, 0.6) is 11.6 Å². The first-order valence-electron chi connectivity index (χ1n) is 13.7. The van der Waals surface area contributed by atoms with Crippen LogP contribution in [0.3, 0.4) is 0 Å². The van der Waals surface area contributed by atoms with Crippen LogP contribution in [0, 0.1) is 5.92 Å². The first kappa shape index (κ1) is 28.0. The monoisotopic (exact) mass is 570 g/mol. The van der Waals surface area contributed by atoms with Gasteiger partial charge in [-0.05, 0) is 62.3 Å². The smallest absolute Gasteiger partial charge is 0.332 e. The van der Waals surface area contributed by atoms with Crippen molar-refractivity contribution in [3.8, 4) is 11.6 Å². The van der Waals surface area contributed by atoms with E-state index in [9.17, 15) is 14.4 Å². The molecule has 1 N–H and O–H groups in total. The van der Waals surface area contributed by atoms with Crippen LogP contribution >= 0.6 is 11.6 Å². The second-order valence-corrected chi connectivity index (χ2v) is 11.0. The van der Waals surface area contributed by atoms with Crippen molar-refractivity contribution in [1.82, 2.24) is 20.1 Å². The molecule has 11 heteroatoms. The van der Waals surface area contributed by atoms with Gasteiger partial charge in [-0.25, -0.2) is 14.6 Å². The Hall–Kier alpha value is -3.53. The Bertz CT molecular complexity index is 1340. The summed E-state index contributed by atoms with van der Waals surface area (Å²) >= 11 is 6.30. The van der Waals surface area contributed by atoms with E-state index in [1.165, 1.54) is 4.90 Å². The number of nitrogens with zero attached hydrogens (tertiary/aromatic N) is 3. The summed E-state index contributed by atoms with van der Waals surface area (Å²) in [5, 5.41) is 4.75. The maximum atomic E-state index is 13.7. The van der Waals surface area contributed by atoms with Crippen LogP contribution in [0.2, 0.25) is 5.15 Å². The van der Waals surface area contributed by atoms with Crippen LogP contribution in [0.15, 0.2) is 36.4 Å². The van der Waals surface area contributed by atoms with E-state index in [0.717, 1.165) is 30.0 Å². The second kappa shape index (κ2) is 11.5. The topological polar surface area (TPSA) is 110 Å². The van der Waals surface area contributed by atoms with Crippen LogP contribution in [0.4, 0.5) is 4.79 Å². The van der Waals surface area contributed by atoms with Crippen molar-refractivity contribution in [1.29, 1.82) is 0 Å². The summed E-state index contributed by atoms with van der Waals surface area (Å²) < 4.78 is 17.0. The number of fused-ring (bicyclic) bond motifs is 3. The molecule has 3 heterocycles. The zero-order valence-electron chi connectivity index (χ0n) is 23.0. The van der Waals surface area contributed by atoms with Gasteiger partial charge in [0.05, 0.1) is 20.3 Å². The molecule has 1 saturated carbocycles. The minimum absolute atomic E-state index is 0.141. The Morgan fingerprint density at radius 2 is 2.08 bits per heavy atom. The van der Waals surface area contributed by atoms with Gasteiger partial charge in [0.25, 0.3) is 0 Å². The van der Waals surface area contributed by atoms with E-state index >= 15 is 0 Å². The lowest BCUT2D eigenvalue weighted by molar-refractivity contribution is -0.149. The molecule has 10 nitrogen and oxygen atoms in total. The Balaban J connectivity index is 1.43. The number of rotatable bonds is 5. The number of esters is 1. The van der Waals surface area contributed by atoms with Gasteiger partial charge in [0.2, 0.25) is 11.8 Å². The fourth-order valence-corrected chi connectivity index (χ4v) is 5.78. The zero-order valence-corrected chi connectivity index (χ0v) is 23.8. The van der Waals surface area contributed by atoms with E-state index in [1.807, 2.05) is 24.3 Å². The van der Waals surface area contributed by atoms with E-state index < -0.39 is 29.6 Å². The predicted octanol–water partition coefficient (Wildman–Crippen LogP) is 3.95. The molecule has 1 saturated heterocycles. The number of carbonyl (C=O) groups is 3. The first-order valence-corrected chi connectivity index (χ1v) is 14.1. The van der Waals surface area contributed by atoms with Crippen LogP contribution in [0.25, 0.3) is 10.8 Å². The minimum atomic E-state index is -1.11. The molecule has 0 radical (unpaired) electrons. The SMILES string of the molecule is CCOC(=O)[C@@]12C[C@@H]1/C=C\CCCCN(C)C(=O)N1C[C@H](Oc3nc(Cl)cc4cc(OC)ccc34)C[C@H]1C(=O)N2. The second-order valence-electron chi connectivity index (χ2n) is 10.6. The molecular weight excluding hydrogens is 536 g/mol. The van der Waals surface area contributed by atoms with E-state index in [2.05, 4.69) is 16.4 Å². The molecule has 2 aromatic rings. The van der Waals surface area contributed by atoms with E-state index in [1.54, 1.807) is 32.0 Å².